The number of anilines is 2. The number of para-hydroxylation sites is 1. The number of hydrogen-bond donors (Lipinski definition) is 3. The Morgan fingerprint density at radius 2 is 1.92 bits per heavy atom. The summed E-state index contributed by atoms with van der Waals surface area (Å²) >= 11 is 0. The Hall–Kier alpha value is -3.02. The van der Waals surface area contributed by atoms with Gasteiger partial charge in [0, 0.05) is 24.2 Å². The molecule has 0 aliphatic heterocycles. The van der Waals surface area contributed by atoms with Crippen molar-refractivity contribution in [3.8, 4) is 5.75 Å². The Bertz CT molecular complexity index is 746. The van der Waals surface area contributed by atoms with E-state index >= 15 is 0 Å². The first kappa shape index (κ1) is 18.3. The predicted molar refractivity (Wildman–Crippen MR) is 96.5 cm³/mol. The van der Waals surface area contributed by atoms with Gasteiger partial charge in [0.1, 0.15) is 5.75 Å². The highest BCUT2D eigenvalue weighted by Crippen LogP contribution is 2.24. The molecular weight excluding hydrogens is 320 g/mol. The molecule has 25 heavy (non-hydrogen) atoms. The van der Waals surface area contributed by atoms with Gasteiger partial charge in [0.05, 0.1) is 18.4 Å². The van der Waals surface area contributed by atoms with Gasteiger partial charge >= 0.3 is 5.97 Å². The van der Waals surface area contributed by atoms with Gasteiger partial charge in [0.2, 0.25) is 0 Å². The average molecular weight is 342 g/mol. The van der Waals surface area contributed by atoms with Crippen molar-refractivity contribution >= 4 is 23.3 Å². The number of carboxylic acids is 1. The fourth-order valence-electron chi connectivity index (χ4n) is 2.36. The predicted octanol–water partition coefficient (Wildman–Crippen LogP) is 3.42. The van der Waals surface area contributed by atoms with Crippen molar-refractivity contribution in [1.82, 2.24) is 5.32 Å². The minimum Gasteiger partial charge on any atom is -0.497 e. The third-order valence-corrected chi connectivity index (χ3v) is 3.69. The van der Waals surface area contributed by atoms with Crippen LogP contribution in [-0.2, 0) is 4.79 Å². The lowest BCUT2D eigenvalue weighted by Crippen LogP contribution is -2.33. The van der Waals surface area contributed by atoms with E-state index in [1.807, 2.05) is 36.4 Å². The number of hydrogen-bond acceptors (Lipinski definition) is 4. The quantitative estimate of drug-likeness (QED) is 0.684. The number of carboxylic acid groups (broad SMARTS) is 1. The van der Waals surface area contributed by atoms with Crippen LogP contribution in [0.1, 0.15) is 30.1 Å². The number of ether oxygens (including phenoxy) is 1. The molecule has 0 fully saturated rings. The van der Waals surface area contributed by atoms with E-state index in [1.54, 1.807) is 26.2 Å². The van der Waals surface area contributed by atoms with Crippen molar-refractivity contribution < 1.29 is 19.4 Å². The van der Waals surface area contributed by atoms with Gasteiger partial charge in [-0.2, -0.15) is 0 Å². The van der Waals surface area contributed by atoms with E-state index in [0.29, 0.717) is 23.4 Å². The molecule has 0 aliphatic carbocycles. The number of carbonyl (C=O) groups excluding carboxylic acids is 1. The number of amides is 1. The summed E-state index contributed by atoms with van der Waals surface area (Å²) in [4.78, 5) is 23.1. The Labute approximate surface area is 146 Å². The van der Waals surface area contributed by atoms with Crippen molar-refractivity contribution in [1.29, 1.82) is 0 Å². The fraction of sp³-hybridized carbons (Fsp3) is 0.263. The summed E-state index contributed by atoms with van der Waals surface area (Å²) in [5.74, 6) is -0.403. The molecule has 3 N–H and O–H groups in total. The first-order chi connectivity index (χ1) is 12.0. The molecule has 0 aromatic heterocycles. The summed E-state index contributed by atoms with van der Waals surface area (Å²) in [5.41, 5.74) is 1.96. The molecule has 2 rings (SSSR count). The SMILES string of the molecule is COc1cccc(Nc2ccccc2C(=O)NC(C)CCC(=O)O)c1. The second-order valence-corrected chi connectivity index (χ2v) is 5.71. The fourth-order valence-corrected chi connectivity index (χ4v) is 2.36. The van der Waals surface area contributed by atoms with E-state index in [9.17, 15) is 9.59 Å². The number of nitrogens with one attached hydrogen (secondary N) is 2. The van der Waals surface area contributed by atoms with Crippen LogP contribution in [-0.4, -0.2) is 30.1 Å². The number of aliphatic carboxylic acids is 1. The zero-order chi connectivity index (χ0) is 18.2. The smallest absolute Gasteiger partial charge is 0.303 e. The molecule has 1 unspecified atom stereocenters. The summed E-state index contributed by atoms with van der Waals surface area (Å²) < 4.78 is 5.20. The molecule has 0 bridgehead atoms. The first-order valence-electron chi connectivity index (χ1n) is 8.02. The number of benzene rings is 2. The van der Waals surface area contributed by atoms with Gasteiger partial charge in [-0.3, -0.25) is 9.59 Å². The Balaban J connectivity index is 2.11. The van der Waals surface area contributed by atoms with Gasteiger partial charge in [-0.05, 0) is 37.6 Å². The highest BCUT2D eigenvalue weighted by molar-refractivity contribution is 6.00. The first-order valence-corrected chi connectivity index (χ1v) is 8.02. The maximum absolute atomic E-state index is 12.5. The lowest BCUT2D eigenvalue weighted by Gasteiger charge is -2.16. The maximum Gasteiger partial charge on any atom is 0.303 e. The zero-order valence-corrected chi connectivity index (χ0v) is 14.3. The molecule has 1 atom stereocenters. The van der Waals surface area contributed by atoms with E-state index in [1.165, 1.54) is 0 Å². The van der Waals surface area contributed by atoms with Crippen molar-refractivity contribution in [2.75, 3.05) is 12.4 Å². The third kappa shape index (κ3) is 5.53. The van der Waals surface area contributed by atoms with Gasteiger partial charge in [0.15, 0.2) is 0 Å². The summed E-state index contributed by atoms with van der Waals surface area (Å²) in [6, 6.07) is 14.4. The normalized spacial score (nSPS) is 11.4. The van der Waals surface area contributed by atoms with Gasteiger partial charge in [-0.15, -0.1) is 0 Å². The van der Waals surface area contributed by atoms with Crippen LogP contribution >= 0.6 is 0 Å². The zero-order valence-electron chi connectivity index (χ0n) is 14.3. The highest BCUT2D eigenvalue weighted by atomic mass is 16.5. The molecule has 0 spiro atoms. The Morgan fingerprint density at radius 1 is 1.16 bits per heavy atom. The second kappa shape index (κ2) is 8.73. The van der Waals surface area contributed by atoms with E-state index in [-0.39, 0.29) is 18.4 Å². The van der Waals surface area contributed by atoms with Crippen LogP contribution in [0.15, 0.2) is 48.5 Å². The Morgan fingerprint density at radius 3 is 2.64 bits per heavy atom. The number of rotatable bonds is 8. The lowest BCUT2D eigenvalue weighted by atomic mass is 10.1. The van der Waals surface area contributed by atoms with Gasteiger partial charge in [-0.25, -0.2) is 0 Å². The molecule has 0 saturated heterocycles. The average Bonchev–Trinajstić information content (AvgIpc) is 2.60. The second-order valence-electron chi connectivity index (χ2n) is 5.71. The molecule has 2 aromatic rings. The monoisotopic (exact) mass is 342 g/mol. The standard InChI is InChI=1S/C19H22N2O4/c1-13(10-11-18(22)23)20-19(24)16-8-3-4-9-17(16)21-14-6-5-7-15(12-14)25-2/h3-9,12-13,21H,10-11H2,1-2H3,(H,20,24)(H,22,23). The third-order valence-electron chi connectivity index (χ3n) is 3.69. The summed E-state index contributed by atoms with van der Waals surface area (Å²) in [7, 11) is 1.60. The molecule has 0 radical (unpaired) electrons. The maximum atomic E-state index is 12.5. The van der Waals surface area contributed by atoms with Gasteiger partial charge < -0.3 is 20.5 Å². The molecular formula is C19H22N2O4. The van der Waals surface area contributed by atoms with Crippen LogP contribution in [0.5, 0.6) is 5.75 Å². The van der Waals surface area contributed by atoms with Crippen LogP contribution in [0.3, 0.4) is 0 Å². The van der Waals surface area contributed by atoms with E-state index in [2.05, 4.69) is 10.6 Å². The minimum absolute atomic E-state index is 0.0190. The molecule has 6 nitrogen and oxygen atoms in total. The lowest BCUT2D eigenvalue weighted by molar-refractivity contribution is -0.137. The number of carbonyl (C=O) groups is 2. The van der Waals surface area contributed by atoms with Crippen LogP contribution in [0.2, 0.25) is 0 Å². The molecule has 1 amide bonds. The molecule has 0 saturated carbocycles. The van der Waals surface area contributed by atoms with Gasteiger partial charge in [0.25, 0.3) is 5.91 Å². The molecule has 0 heterocycles. The molecule has 132 valence electrons. The summed E-state index contributed by atoms with van der Waals surface area (Å²) in [6.45, 7) is 1.79. The number of methoxy groups -OCH3 is 1. The molecule has 0 aliphatic rings. The van der Waals surface area contributed by atoms with Gasteiger partial charge in [-0.1, -0.05) is 18.2 Å². The van der Waals surface area contributed by atoms with E-state index in [4.69, 9.17) is 9.84 Å². The van der Waals surface area contributed by atoms with E-state index < -0.39 is 5.97 Å². The highest BCUT2D eigenvalue weighted by Gasteiger charge is 2.14. The van der Waals surface area contributed by atoms with Crippen molar-refractivity contribution in [3.63, 3.8) is 0 Å². The van der Waals surface area contributed by atoms with Crippen LogP contribution in [0.25, 0.3) is 0 Å². The summed E-state index contributed by atoms with van der Waals surface area (Å²) in [5, 5.41) is 14.8. The van der Waals surface area contributed by atoms with E-state index in [0.717, 1.165) is 5.69 Å². The van der Waals surface area contributed by atoms with Crippen molar-refractivity contribution in [2.24, 2.45) is 0 Å². The van der Waals surface area contributed by atoms with Crippen LogP contribution in [0, 0.1) is 0 Å². The van der Waals surface area contributed by atoms with Crippen LogP contribution < -0.4 is 15.4 Å². The largest absolute Gasteiger partial charge is 0.497 e. The Kier molecular flexibility index (Phi) is 6.39. The summed E-state index contributed by atoms with van der Waals surface area (Å²) in [6.07, 6.45) is 0.401. The topological polar surface area (TPSA) is 87.7 Å². The minimum atomic E-state index is -0.874. The van der Waals surface area contributed by atoms with Crippen LogP contribution in [0.4, 0.5) is 11.4 Å². The van der Waals surface area contributed by atoms with Crippen molar-refractivity contribution in [2.45, 2.75) is 25.8 Å². The molecule has 6 heteroatoms. The van der Waals surface area contributed by atoms with Crippen molar-refractivity contribution in [3.05, 3.63) is 54.1 Å². The molecule has 2 aromatic carbocycles.